The Morgan fingerprint density at radius 3 is 2.89 bits per heavy atom. The topological polar surface area (TPSA) is 46.3 Å². The van der Waals surface area contributed by atoms with Crippen molar-refractivity contribution in [3.8, 4) is 0 Å². The van der Waals surface area contributed by atoms with Crippen LogP contribution in [-0.2, 0) is 17.8 Å². The van der Waals surface area contributed by atoms with E-state index in [1.807, 2.05) is 17.0 Å². The van der Waals surface area contributed by atoms with Crippen LogP contribution < -0.4 is 5.73 Å². The first-order valence-corrected chi connectivity index (χ1v) is 7.35. The van der Waals surface area contributed by atoms with E-state index >= 15 is 0 Å². The van der Waals surface area contributed by atoms with Gasteiger partial charge in [0.25, 0.3) is 0 Å². The molecule has 104 valence electrons. The Morgan fingerprint density at radius 1 is 1.26 bits per heavy atom. The molecule has 1 aromatic carbocycles. The van der Waals surface area contributed by atoms with E-state index in [0.29, 0.717) is 12.3 Å². The molecule has 0 atom stereocenters. The fourth-order valence-corrected chi connectivity index (χ4v) is 2.65. The summed E-state index contributed by atoms with van der Waals surface area (Å²) in [5.41, 5.74) is 9.15. The number of carbonyl (C=O) groups is 1. The monoisotopic (exact) mass is 260 g/mol. The van der Waals surface area contributed by atoms with Crippen molar-refractivity contribution in [2.24, 2.45) is 0 Å². The van der Waals surface area contributed by atoms with E-state index in [2.05, 4.69) is 13.0 Å². The van der Waals surface area contributed by atoms with Gasteiger partial charge >= 0.3 is 0 Å². The highest BCUT2D eigenvalue weighted by Crippen LogP contribution is 2.22. The van der Waals surface area contributed by atoms with E-state index in [4.69, 9.17) is 5.73 Å². The van der Waals surface area contributed by atoms with Crippen LogP contribution in [0, 0.1) is 0 Å². The average molecular weight is 260 g/mol. The molecule has 0 fully saturated rings. The maximum atomic E-state index is 12.2. The SMILES string of the molecule is CCCCCCC(=O)N1CCc2ccc(N)cc2C1. The lowest BCUT2D eigenvalue weighted by Gasteiger charge is -2.29. The number of benzene rings is 1. The highest BCUT2D eigenvalue weighted by atomic mass is 16.2. The molecule has 0 radical (unpaired) electrons. The fourth-order valence-electron chi connectivity index (χ4n) is 2.65. The first kappa shape index (κ1) is 13.9. The first-order chi connectivity index (χ1) is 9.20. The van der Waals surface area contributed by atoms with Gasteiger partial charge in [0.2, 0.25) is 5.91 Å². The summed E-state index contributed by atoms with van der Waals surface area (Å²) in [6.07, 6.45) is 6.28. The van der Waals surface area contributed by atoms with E-state index in [0.717, 1.165) is 31.6 Å². The molecule has 2 N–H and O–H groups in total. The summed E-state index contributed by atoms with van der Waals surface area (Å²) in [6, 6.07) is 6.04. The Hall–Kier alpha value is -1.51. The molecule has 0 aliphatic carbocycles. The van der Waals surface area contributed by atoms with E-state index in [9.17, 15) is 4.79 Å². The number of anilines is 1. The maximum Gasteiger partial charge on any atom is 0.222 e. The molecule has 0 unspecified atom stereocenters. The second-order valence-corrected chi connectivity index (χ2v) is 5.40. The smallest absolute Gasteiger partial charge is 0.222 e. The summed E-state index contributed by atoms with van der Waals surface area (Å²) >= 11 is 0. The summed E-state index contributed by atoms with van der Waals surface area (Å²) in [5, 5.41) is 0. The van der Waals surface area contributed by atoms with Gasteiger partial charge in [-0.05, 0) is 36.1 Å². The predicted molar refractivity (Wildman–Crippen MR) is 78.7 cm³/mol. The summed E-state index contributed by atoms with van der Waals surface area (Å²) in [5.74, 6) is 0.296. The third-order valence-corrected chi connectivity index (χ3v) is 3.84. The zero-order valence-corrected chi connectivity index (χ0v) is 11.8. The van der Waals surface area contributed by atoms with E-state index in [1.54, 1.807) is 0 Å². The van der Waals surface area contributed by atoms with Crippen molar-refractivity contribution in [1.82, 2.24) is 4.90 Å². The Morgan fingerprint density at radius 2 is 2.11 bits per heavy atom. The van der Waals surface area contributed by atoms with Gasteiger partial charge in [0, 0.05) is 25.2 Å². The van der Waals surface area contributed by atoms with Crippen LogP contribution in [-0.4, -0.2) is 17.4 Å². The van der Waals surface area contributed by atoms with Gasteiger partial charge in [0.1, 0.15) is 0 Å². The Kier molecular flexibility index (Phi) is 4.83. The standard InChI is InChI=1S/C16H24N2O/c1-2-3-4-5-6-16(19)18-10-9-13-7-8-15(17)11-14(13)12-18/h7-8,11H,2-6,9-10,12,17H2,1H3. The molecule has 0 bridgehead atoms. The van der Waals surface area contributed by atoms with Crippen molar-refractivity contribution in [3.05, 3.63) is 29.3 Å². The second kappa shape index (κ2) is 6.60. The van der Waals surface area contributed by atoms with Crippen molar-refractivity contribution in [3.63, 3.8) is 0 Å². The minimum Gasteiger partial charge on any atom is -0.399 e. The number of unbranched alkanes of at least 4 members (excludes halogenated alkanes) is 3. The quantitative estimate of drug-likeness (QED) is 0.653. The Labute approximate surface area is 115 Å². The van der Waals surface area contributed by atoms with Gasteiger partial charge in [-0.3, -0.25) is 4.79 Å². The van der Waals surface area contributed by atoms with Gasteiger partial charge in [-0.25, -0.2) is 0 Å². The number of nitrogens with two attached hydrogens (primary N) is 1. The molecule has 1 aromatic rings. The van der Waals surface area contributed by atoms with Crippen LogP contribution in [0.25, 0.3) is 0 Å². The number of fused-ring (bicyclic) bond motifs is 1. The van der Waals surface area contributed by atoms with Crippen molar-refractivity contribution in [2.75, 3.05) is 12.3 Å². The average Bonchev–Trinajstić information content (AvgIpc) is 2.42. The molecule has 19 heavy (non-hydrogen) atoms. The number of nitrogen functional groups attached to an aromatic ring is 1. The van der Waals surface area contributed by atoms with E-state index in [-0.39, 0.29) is 0 Å². The van der Waals surface area contributed by atoms with Crippen molar-refractivity contribution in [2.45, 2.75) is 52.0 Å². The number of rotatable bonds is 5. The highest BCUT2D eigenvalue weighted by Gasteiger charge is 2.20. The Bertz CT molecular complexity index is 442. The third-order valence-electron chi connectivity index (χ3n) is 3.84. The van der Waals surface area contributed by atoms with Crippen LogP contribution in [0.15, 0.2) is 18.2 Å². The lowest BCUT2D eigenvalue weighted by atomic mass is 9.98. The molecular formula is C16H24N2O. The van der Waals surface area contributed by atoms with Crippen LogP contribution in [0.1, 0.15) is 50.2 Å². The minimum atomic E-state index is 0.296. The van der Waals surface area contributed by atoms with E-state index < -0.39 is 0 Å². The van der Waals surface area contributed by atoms with Gasteiger partial charge in [-0.15, -0.1) is 0 Å². The normalized spacial score (nSPS) is 14.3. The molecule has 1 amide bonds. The van der Waals surface area contributed by atoms with Gasteiger partial charge in [0.15, 0.2) is 0 Å². The van der Waals surface area contributed by atoms with Crippen molar-refractivity contribution < 1.29 is 4.79 Å². The second-order valence-electron chi connectivity index (χ2n) is 5.40. The molecule has 0 spiro atoms. The van der Waals surface area contributed by atoms with Crippen molar-refractivity contribution in [1.29, 1.82) is 0 Å². The van der Waals surface area contributed by atoms with Crippen LogP contribution >= 0.6 is 0 Å². The molecule has 0 saturated heterocycles. The van der Waals surface area contributed by atoms with Gasteiger partial charge in [-0.2, -0.15) is 0 Å². The van der Waals surface area contributed by atoms with Crippen LogP contribution in [0.2, 0.25) is 0 Å². The summed E-state index contributed by atoms with van der Waals surface area (Å²) < 4.78 is 0. The fraction of sp³-hybridized carbons (Fsp3) is 0.562. The summed E-state index contributed by atoms with van der Waals surface area (Å²) in [6.45, 7) is 3.77. The molecule has 3 heteroatoms. The zero-order valence-electron chi connectivity index (χ0n) is 11.8. The van der Waals surface area contributed by atoms with Gasteiger partial charge in [0.05, 0.1) is 0 Å². The number of carbonyl (C=O) groups excluding carboxylic acids is 1. The third kappa shape index (κ3) is 3.72. The van der Waals surface area contributed by atoms with Crippen LogP contribution in [0.4, 0.5) is 5.69 Å². The molecular weight excluding hydrogens is 236 g/mol. The maximum absolute atomic E-state index is 12.2. The molecule has 0 aromatic heterocycles. The van der Waals surface area contributed by atoms with E-state index in [1.165, 1.54) is 30.4 Å². The van der Waals surface area contributed by atoms with Gasteiger partial charge in [-0.1, -0.05) is 32.3 Å². The highest BCUT2D eigenvalue weighted by molar-refractivity contribution is 5.76. The lowest BCUT2D eigenvalue weighted by Crippen LogP contribution is -2.35. The number of amides is 1. The van der Waals surface area contributed by atoms with Crippen LogP contribution in [0.3, 0.4) is 0 Å². The van der Waals surface area contributed by atoms with Crippen molar-refractivity contribution >= 4 is 11.6 Å². The predicted octanol–water partition coefficient (Wildman–Crippen LogP) is 3.12. The minimum absolute atomic E-state index is 0.296. The summed E-state index contributed by atoms with van der Waals surface area (Å²) in [4.78, 5) is 14.1. The Balaban J connectivity index is 1.88. The molecule has 1 aliphatic heterocycles. The lowest BCUT2D eigenvalue weighted by molar-refractivity contribution is -0.132. The number of hydrogen-bond acceptors (Lipinski definition) is 2. The molecule has 3 nitrogen and oxygen atoms in total. The molecule has 0 saturated carbocycles. The number of hydrogen-bond donors (Lipinski definition) is 1. The van der Waals surface area contributed by atoms with Gasteiger partial charge < -0.3 is 10.6 Å². The first-order valence-electron chi connectivity index (χ1n) is 7.35. The largest absolute Gasteiger partial charge is 0.399 e. The zero-order chi connectivity index (χ0) is 13.7. The number of nitrogens with zero attached hydrogens (tertiary/aromatic N) is 1. The molecule has 1 aliphatic rings. The molecule has 2 rings (SSSR count). The summed E-state index contributed by atoms with van der Waals surface area (Å²) in [7, 11) is 0. The van der Waals surface area contributed by atoms with Crippen LogP contribution in [0.5, 0.6) is 0 Å². The molecule has 1 heterocycles.